The van der Waals surface area contributed by atoms with E-state index >= 15 is 0 Å². The second-order valence-corrected chi connectivity index (χ2v) is 9.49. The Morgan fingerprint density at radius 3 is 2.57 bits per heavy atom. The van der Waals surface area contributed by atoms with E-state index in [1.54, 1.807) is 37.7 Å². The van der Waals surface area contributed by atoms with Crippen LogP contribution in [0, 0.1) is 6.92 Å². The summed E-state index contributed by atoms with van der Waals surface area (Å²) >= 11 is 1.26. The first kappa shape index (κ1) is 24.6. The van der Waals surface area contributed by atoms with E-state index in [0.717, 1.165) is 11.1 Å². The molecule has 1 unspecified atom stereocenters. The molecule has 192 valence electrons. The number of rotatable bonds is 6. The minimum absolute atomic E-state index is 0.168. The van der Waals surface area contributed by atoms with Gasteiger partial charge in [-0.2, -0.15) is 0 Å². The molecule has 5 rings (SSSR count). The monoisotopic (exact) mass is 522 g/mol. The predicted octanol–water partition coefficient (Wildman–Crippen LogP) is 2.85. The second-order valence-electron chi connectivity index (χ2n) is 8.48. The highest BCUT2D eigenvalue weighted by Crippen LogP contribution is 2.37. The van der Waals surface area contributed by atoms with Crippen LogP contribution in [0.4, 0.5) is 0 Å². The number of carbonyl (C=O) groups is 1. The van der Waals surface area contributed by atoms with Crippen molar-refractivity contribution in [2.24, 2.45) is 4.99 Å². The fourth-order valence-corrected chi connectivity index (χ4v) is 5.52. The van der Waals surface area contributed by atoms with Crippen LogP contribution in [0.3, 0.4) is 0 Å². The summed E-state index contributed by atoms with van der Waals surface area (Å²) in [5, 5.41) is 0. The molecule has 0 bridgehead atoms. The van der Waals surface area contributed by atoms with E-state index in [4.69, 9.17) is 23.7 Å². The topological polar surface area (TPSA) is 97.6 Å². The molecule has 1 aromatic heterocycles. The Morgan fingerprint density at radius 1 is 1.14 bits per heavy atom. The highest BCUT2D eigenvalue weighted by atomic mass is 32.1. The van der Waals surface area contributed by atoms with Crippen LogP contribution in [-0.2, 0) is 9.53 Å². The highest BCUT2D eigenvalue weighted by molar-refractivity contribution is 7.07. The van der Waals surface area contributed by atoms with Crippen molar-refractivity contribution in [3.8, 4) is 23.0 Å². The minimum Gasteiger partial charge on any atom is -0.493 e. The van der Waals surface area contributed by atoms with Crippen LogP contribution in [0.1, 0.15) is 36.6 Å². The number of thiazole rings is 1. The van der Waals surface area contributed by atoms with Crippen LogP contribution in [-0.4, -0.2) is 38.2 Å². The largest absolute Gasteiger partial charge is 0.493 e. The molecule has 2 aliphatic rings. The molecule has 1 atom stereocenters. The fraction of sp³-hybridized carbons (Fsp3) is 0.296. The zero-order valence-corrected chi connectivity index (χ0v) is 21.9. The maximum Gasteiger partial charge on any atom is 0.338 e. The van der Waals surface area contributed by atoms with Gasteiger partial charge in [-0.3, -0.25) is 9.36 Å². The highest BCUT2D eigenvalue weighted by Gasteiger charge is 2.34. The molecule has 0 spiro atoms. The first-order valence-electron chi connectivity index (χ1n) is 11.7. The van der Waals surface area contributed by atoms with Crippen LogP contribution >= 0.6 is 11.3 Å². The number of benzene rings is 2. The van der Waals surface area contributed by atoms with E-state index in [0.29, 0.717) is 49.2 Å². The lowest BCUT2D eigenvalue weighted by Crippen LogP contribution is -2.40. The molecular formula is C27H26N2O7S. The average molecular weight is 523 g/mol. The Kier molecular flexibility index (Phi) is 6.51. The number of ether oxygens (including phenoxy) is 5. The first-order chi connectivity index (χ1) is 17.9. The number of methoxy groups -OCH3 is 2. The quantitative estimate of drug-likeness (QED) is 0.459. The molecule has 0 aliphatic carbocycles. The standard InChI is InChI=1S/C27H26N2O7S/c1-6-34-26(31)23-15(3)28-27-29(24(23)16-7-8-18(32-4)19(10-16)33-5)25(30)22(37-27)12-17-11-21-20(9-14(17)2)35-13-36-21/h7-12,24H,6,13H2,1-5H3/b22-12-. The van der Waals surface area contributed by atoms with E-state index in [2.05, 4.69) is 4.99 Å². The summed E-state index contributed by atoms with van der Waals surface area (Å²) in [6.45, 7) is 5.80. The zero-order valence-electron chi connectivity index (χ0n) is 21.1. The summed E-state index contributed by atoms with van der Waals surface area (Å²) in [5.74, 6) is 1.81. The van der Waals surface area contributed by atoms with Gasteiger partial charge in [0.15, 0.2) is 27.8 Å². The maximum atomic E-state index is 13.9. The number of allylic oxidation sites excluding steroid dienone is 1. The Labute approximate surface area is 216 Å². The summed E-state index contributed by atoms with van der Waals surface area (Å²) in [7, 11) is 3.08. The minimum atomic E-state index is -0.755. The number of hydrogen-bond acceptors (Lipinski definition) is 9. The molecule has 37 heavy (non-hydrogen) atoms. The third kappa shape index (κ3) is 4.27. The van der Waals surface area contributed by atoms with Gasteiger partial charge in [0, 0.05) is 0 Å². The predicted molar refractivity (Wildman–Crippen MR) is 137 cm³/mol. The average Bonchev–Trinajstić information content (AvgIpc) is 3.46. The van der Waals surface area contributed by atoms with E-state index in [-0.39, 0.29) is 19.0 Å². The van der Waals surface area contributed by atoms with Crippen molar-refractivity contribution in [3.05, 3.63) is 78.0 Å². The number of nitrogens with zero attached hydrogens (tertiary/aromatic N) is 2. The van der Waals surface area contributed by atoms with Gasteiger partial charge in [-0.15, -0.1) is 0 Å². The van der Waals surface area contributed by atoms with E-state index in [1.807, 2.05) is 31.2 Å². The molecule has 3 aromatic rings. The normalized spacial score (nSPS) is 16.4. The van der Waals surface area contributed by atoms with Gasteiger partial charge in [0.25, 0.3) is 5.56 Å². The van der Waals surface area contributed by atoms with Crippen LogP contribution in [0.5, 0.6) is 23.0 Å². The van der Waals surface area contributed by atoms with Crippen LogP contribution in [0.25, 0.3) is 6.08 Å². The lowest BCUT2D eigenvalue weighted by atomic mass is 9.95. The van der Waals surface area contributed by atoms with Gasteiger partial charge in [0.2, 0.25) is 6.79 Å². The van der Waals surface area contributed by atoms with Crippen molar-refractivity contribution in [1.82, 2.24) is 4.57 Å². The molecule has 9 nitrogen and oxygen atoms in total. The van der Waals surface area contributed by atoms with Gasteiger partial charge >= 0.3 is 5.97 Å². The van der Waals surface area contributed by atoms with Gasteiger partial charge in [0.1, 0.15) is 0 Å². The Hall–Kier alpha value is -4.05. The van der Waals surface area contributed by atoms with Gasteiger partial charge in [-0.1, -0.05) is 17.4 Å². The molecule has 10 heteroatoms. The fourth-order valence-electron chi connectivity index (χ4n) is 4.49. The van der Waals surface area contributed by atoms with Gasteiger partial charge in [-0.05, 0) is 67.8 Å². The van der Waals surface area contributed by atoms with E-state index in [1.165, 1.54) is 18.4 Å². The molecule has 2 aromatic carbocycles. The van der Waals surface area contributed by atoms with E-state index in [9.17, 15) is 9.59 Å². The van der Waals surface area contributed by atoms with Crippen molar-refractivity contribution in [1.29, 1.82) is 0 Å². The van der Waals surface area contributed by atoms with Crippen molar-refractivity contribution >= 4 is 23.4 Å². The van der Waals surface area contributed by atoms with Crippen molar-refractivity contribution in [2.45, 2.75) is 26.8 Å². The number of carbonyl (C=O) groups excluding carboxylic acids is 1. The van der Waals surface area contributed by atoms with Crippen molar-refractivity contribution < 1.29 is 28.5 Å². The Balaban J connectivity index is 1.72. The lowest BCUT2D eigenvalue weighted by molar-refractivity contribution is -0.139. The zero-order chi connectivity index (χ0) is 26.3. The van der Waals surface area contributed by atoms with Crippen LogP contribution in [0.2, 0.25) is 0 Å². The third-order valence-electron chi connectivity index (χ3n) is 6.29. The van der Waals surface area contributed by atoms with Crippen LogP contribution in [0.15, 0.2) is 51.4 Å². The van der Waals surface area contributed by atoms with E-state index < -0.39 is 12.0 Å². The number of hydrogen-bond donors (Lipinski definition) is 0. The van der Waals surface area contributed by atoms with Gasteiger partial charge in [0.05, 0.1) is 42.7 Å². The summed E-state index contributed by atoms with van der Waals surface area (Å²) in [4.78, 5) is 32.1. The molecule has 2 aliphatic heterocycles. The third-order valence-corrected chi connectivity index (χ3v) is 7.27. The number of fused-ring (bicyclic) bond motifs is 2. The number of aryl methyl sites for hydroxylation is 1. The second kappa shape index (κ2) is 9.78. The Bertz CT molecular complexity index is 1620. The van der Waals surface area contributed by atoms with Gasteiger partial charge < -0.3 is 23.7 Å². The molecular weight excluding hydrogens is 496 g/mol. The smallest absolute Gasteiger partial charge is 0.338 e. The number of esters is 1. The SMILES string of the molecule is CCOC(=O)C1=C(C)N=c2s/c(=C\c3cc4c(cc3C)OCO4)c(=O)n2C1c1ccc(OC)c(OC)c1. The molecule has 0 saturated carbocycles. The Morgan fingerprint density at radius 2 is 1.86 bits per heavy atom. The van der Waals surface area contributed by atoms with Gasteiger partial charge in [-0.25, -0.2) is 9.79 Å². The molecule has 0 N–H and O–H groups in total. The summed E-state index contributed by atoms with van der Waals surface area (Å²) in [6, 6.07) is 8.31. The maximum absolute atomic E-state index is 13.9. The lowest BCUT2D eigenvalue weighted by Gasteiger charge is -2.25. The first-order valence-corrected chi connectivity index (χ1v) is 12.5. The number of aromatic nitrogens is 1. The van der Waals surface area contributed by atoms with Crippen molar-refractivity contribution in [3.63, 3.8) is 0 Å². The van der Waals surface area contributed by atoms with Crippen LogP contribution < -0.4 is 33.8 Å². The molecule has 0 radical (unpaired) electrons. The molecule has 0 saturated heterocycles. The van der Waals surface area contributed by atoms with Crippen molar-refractivity contribution in [2.75, 3.05) is 27.6 Å². The molecule has 0 fully saturated rings. The summed E-state index contributed by atoms with van der Waals surface area (Å²) in [6.07, 6.45) is 1.82. The summed E-state index contributed by atoms with van der Waals surface area (Å²) < 4.78 is 29.2. The summed E-state index contributed by atoms with van der Waals surface area (Å²) in [5.41, 5.74) is 2.96. The molecule has 0 amide bonds. The molecule has 3 heterocycles.